The molecule has 0 aromatic heterocycles. The van der Waals surface area contributed by atoms with E-state index < -0.39 is 5.82 Å². The van der Waals surface area contributed by atoms with Gasteiger partial charge in [0.15, 0.2) is 0 Å². The van der Waals surface area contributed by atoms with Crippen molar-refractivity contribution in [1.82, 2.24) is 0 Å². The van der Waals surface area contributed by atoms with Gasteiger partial charge in [0.2, 0.25) is 0 Å². The molecule has 1 saturated carbocycles. The SMILES string of the molecule is CC1CC(Oc2cccc(F)c2C(N)=S)CC(C)(C)C1. The number of ether oxygens (including phenoxy) is 1. The Hall–Kier alpha value is -1.16. The van der Waals surface area contributed by atoms with Crippen molar-refractivity contribution >= 4 is 17.2 Å². The van der Waals surface area contributed by atoms with Crippen molar-refractivity contribution in [3.05, 3.63) is 29.6 Å². The summed E-state index contributed by atoms with van der Waals surface area (Å²) in [5.41, 5.74) is 6.08. The maximum atomic E-state index is 13.8. The molecular weight excluding hydrogens is 273 g/mol. The third-order valence-corrected chi connectivity index (χ3v) is 4.07. The Bertz CT molecular complexity index is 515. The first-order valence-corrected chi connectivity index (χ1v) is 7.44. The lowest BCUT2D eigenvalue weighted by molar-refractivity contribution is 0.0559. The Morgan fingerprint density at radius 1 is 1.40 bits per heavy atom. The maximum absolute atomic E-state index is 13.8. The van der Waals surface area contributed by atoms with Crippen molar-refractivity contribution in [3.8, 4) is 5.75 Å². The Balaban J connectivity index is 2.22. The molecule has 2 unspecified atom stereocenters. The van der Waals surface area contributed by atoms with Crippen LogP contribution in [0.5, 0.6) is 5.75 Å². The van der Waals surface area contributed by atoms with Crippen LogP contribution in [0.25, 0.3) is 0 Å². The summed E-state index contributed by atoms with van der Waals surface area (Å²) < 4.78 is 19.9. The van der Waals surface area contributed by atoms with Gasteiger partial charge < -0.3 is 10.5 Å². The first-order valence-electron chi connectivity index (χ1n) is 7.03. The van der Waals surface area contributed by atoms with Crippen LogP contribution in [-0.4, -0.2) is 11.1 Å². The predicted octanol–water partition coefficient (Wildman–Crippen LogP) is 4.05. The van der Waals surface area contributed by atoms with Crippen LogP contribution >= 0.6 is 12.2 Å². The molecule has 2 nitrogen and oxygen atoms in total. The second-order valence-corrected chi connectivity index (χ2v) is 7.07. The molecule has 20 heavy (non-hydrogen) atoms. The lowest BCUT2D eigenvalue weighted by Crippen LogP contribution is -2.34. The average Bonchev–Trinajstić information content (AvgIpc) is 2.25. The molecule has 0 heterocycles. The van der Waals surface area contributed by atoms with E-state index >= 15 is 0 Å². The third kappa shape index (κ3) is 3.48. The molecule has 0 radical (unpaired) electrons. The van der Waals surface area contributed by atoms with Crippen LogP contribution in [0, 0.1) is 17.2 Å². The van der Waals surface area contributed by atoms with Crippen LogP contribution in [0.15, 0.2) is 18.2 Å². The summed E-state index contributed by atoms with van der Waals surface area (Å²) >= 11 is 4.93. The number of hydrogen-bond acceptors (Lipinski definition) is 2. The zero-order valence-corrected chi connectivity index (χ0v) is 13.1. The minimum atomic E-state index is -0.418. The number of rotatable bonds is 3. The highest BCUT2D eigenvalue weighted by Gasteiger charge is 2.33. The number of nitrogens with two attached hydrogens (primary N) is 1. The van der Waals surface area contributed by atoms with Crippen molar-refractivity contribution < 1.29 is 9.13 Å². The Labute approximate surface area is 125 Å². The van der Waals surface area contributed by atoms with Crippen LogP contribution in [0.1, 0.15) is 45.6 Å². The van der Waals surface area contributed by atoms with E-state index in [9.17, 15) is 4.39 Å². The van der Waals surface area contributed by atoms with Gasteiger partial charge in [-0.1, -0.05) is 39.1 Å². The summed E-state index contributed by atoms with van der Waals surface area (Å²) in [5.74, 6) is 0.649. The first-order chi connectivity index (χ1) is 9.28. The first kappa shape index (κ1) is 15.2. The molecule has 2 N–H and O–H groups in total. The normalized spacial score (nSPS) is 25.2. The van der Waals surface area contributed by atoms with E-state index in [0.29, 0.717) is 11.7 Å². The van der Waals surface area contributed by atoms with Crippen molar-refractivity contribution in [3.63, 3.8) is 0 Å². The quantitative estimate of drug-likeness (QED) is 0.854. The van der Waals surface area contributed by atoms with Gasteiger partial charge in [-0.2, -0.15) is 0 Å². The second-order valence-electron chi connectivity index (χ2n) is 6.63. The van der Waals surface area contributed by atoms with Gasteiger partial charge in [-0.25, -0.2) is 4.39 Å². The molecule has 4 heteroatoms. The number of thiocarbonyl (C=S) groups is 1. The van der Waals surface area contributed by atoms with Gasteiger partial charge in [-0.05, 0) is 42.7 Å². The monoisotopic (exact) mass is 295 g/mol. The third-order valence-electron chi connectivity index (χ3n) is 3.86. The number of hydrogen-bond donors (Lipinski definition) is 1. The van der Waals surface area contributed by atoms with Gasteiger partial charge in [-0.15, -0.1) is 0 Å². The van der Waals surface area contributed by atoms with E-state index in [-0.39, 0.29) is 22.1 Å². The molecule has 0 bridgehead atoms. The minimum Gasteiger partial charge on any atom is -0.490 e. The van der Waals surface area contributed by atoms with Crippen molar-refractivity contribution in [2.75, 3.05) is 0 Å². The van der Waals surface area contributed by atoms with E-state index in [1.807, 2.05) is 0 Å². The number of halogens is 1. The molecular formula is C16H22FNOS. The largest absolute Gasteiger partial charge is 0.490 e. The fraction of sp³-hybridized carbons (Fsp3) is 0.562. The minimum absolute atomic E-state index is 0.0428. The van der Waals surface area contributed by atoms with Crippen LogP contribution in [0.3, 0.4) is 0 Å². The van der Waals surface area contributed by atoms with Crippen LogP contribution in [0.4, 0.5) is 4.39 Å². The number of benzene rings is 1. The molecule has 2 atom stereocenters. The molecule has 1 aliphatic carbocycles. The highest BCUT2D eigenvalue weighted by atomic mass is 32.1. The van der Waals surface area contributed by atoms with Crippen LogP contribution < -0.4 is 10.5 Å². The zero-order valence-electron chi connectivity index (χ0n) is 12.3. The van der Waals surface area contributed by atoms with Crippen molar-refractivity contribution in [1.29, 1.82) is 0 Å². The van der Waals surface area contributed by atoms with E-state index in [2.05, 4.69) is 20.8 Å². The molecule has 1 aliphatic rings. The summed E-state index contributed by atoms with van der Waals surface area (Å²) in [5, 5.41) is 0. The molecule has 0 amide bonds. The molecule has 110 valence electrons. The van der Waals surface area contributed by atoms with Gasteiger partial charge in [0.05, 0.1) is 11.7 Å². The molecule has 1 aromatic carbocycles. The van der Waals surface area contributed by atoms with Gasteiger partial charge >= 0.3 is 0 Å². The molecule has 2 rings (SSSR count). The fourth-order valence-corrected chi connectivity index (χ4v) is 3.57. The Kier molecular flexibility index (Phi) is 4.33. The molecule has 0 aliphatic heterocycles. The van der Waals surface area contributed by atoms with Gasteiger partial charge in [0, 0.05) is 0 Å². The van der Waals surface area contributed by atoms with E-state index in [1.165, 1.54) is 12.5 Å². The van der Waals surface area contributed by atoms with Crippen LogP contribution in [0.2, 0.25) is 0 Å². The van der Waals surface area contributed by atoms with Gasteiger partial charge in [0.1, 0.15) is 16.6 Å². The summed E-state index contributed by atoms with van der Waals surface area (Å²) in [7, 11) is 0. The van der Waals surface area contributed by atoms with Gasteiger partial charge in [-0.3, -0.25) is 0 Å². The van der Waals surface area contributed by atoms with Crippen molar-refractivity contribution in [2.24, 2.45) is 17.1 Å². The highest BCUT2D eigenvalue weighted by Crippen LogP contribution is 2.40. The average molecular weight is 295 g/mol. The fourth-order valence-electron chi connectivity index (χ4n) is 3.37. The predicted molar refractivity (Wildman–Crippen MR) is 83.5 cm³/mol. The Morgan fingerprint density at radius 3 is 2.70 bits per heavy atom. The lowest BCUT2D eigenvalue weighted by atomic mass is 9.71. The topological polar surface area (TPSA) is 35.2 Å². The Morgan fingerprint density at radius 2 is 2.10 bits per heavy atom. The second kappa shape index (κ2) is 5.68. The maximum Gasteiger partial charge on any atom is 0.137 e. The van der Waals surface area contributed by atoms with Crippen molar-refractivity contribution in [2.45, 2.75) is 46.1 Å². The van der Waals surface area contributed by atoms with Crippen LogP contribution in [-0.2, 0) is 0 Å². The smallest absolute Gasteiger partial charge is 0.137 e. The zero-order chi connectivity index (χ0) is 14.9. The summed E-state index contributed by atoms with van der Waals surface area (Å²) in [6, 6.07) is 4.72. The molecule has 1 fully saturated rings. The standard InChI is InChI=1S/C16H22FNOS/c1-10-7-11(9-16(2,3)8-10)19-13-6-4-5-12(17)14(13)15(18)20/h4-6,10-11H,7-9H2,1-3H3,(H2,18,20). The molecule has 0 spiro atoms. The summed E-state index contributed by atoms with van der Waals surface area (Å²) in [6.45, 7) is 6.73. The van der Waals surface area contributed by atoms with Gasteiger partial charge in [0.25, 0.3) is 0 Å². The summed E-state index contributed by atoms with van der Waals surface area (Å²) in [6.07, 6.45) is 3.23. The lowest BCUT2D eigenvalue weighted by Gasteiger charge is -2.39. The molecule has 0 saturated heterocycles. The van der Waals surface area contributed by atoms with E-state index in [1.54, 1.807) is 12.1 Å². The highest BCUT2D eigenvalue weighted by molar-refractivity contribution is 7.80. The summed E-state index contributed by atoms with van der Waals surface area (Å²) in [4.78, 5) is 0.0428. The van der Waals surface area contributed by atoms with E-state index in [0.717, 1.165) is 12.8 Å². The molecule has 1 aromatic rings. The van der Waals surface area contributed by atoms with E-state index in [4.69, 9.17) is 22.7 Å².